The minimum atomic E-state index is -0.208. The molecule has 2 aliphatic rings. The monoisotopic (exact) mass is 299 g/mol. The van der Waals surface area contributed by atoms with E-state index in [2.05, 4.69) is 4.90 Å². The van der Waals surface area contributed by atoms with Crippen molar-refractivity contribution >= 4 is 12.4 Å². The van der Waals surface area contributed by atoms with E-state index in [-0.39, 0.29) is 18.2 Å². The fourth-order valence-electron chi connectivity index (χ4n) is 2.75. The molecule has 0 spiro atoms. The number of hydrogen-bond acceptors (Lipinski definition) is 2. The zero-order valence-corrected chi connectivity index (χ0v) is 12.6. The first-order chi connectivity index (χ1) is 9.29. The van der Waals surface area contributed by atoms with Gasteiger partial charge in [-0.05, 0) is 74.9 Å². The van der Waals surface area contributed by atoms with Crippen LogP contribution in [0.25, 0.3) is 0 Å². The molecule has 0 atom stereocenters. The first-order valence-corrected chi connectivity index (χ1v) is 7.40. The summed E-state index contributed by atoms with van der Waals surface area (Å²) < 4.78 is 18.5. The fourth-order valence-corrected chi connectivity index (χ4v) is 2.75. The average molecular weight is 300 g/mol. The normalized spacial score (nSPS) is 20.4. The molecule has 0 unspecified atom stereocenters. The second-order valence-corrected chi connectivity index (χ2v) is 5.95. The lowest BCUT2D eigenvalue weighted by Crippen LogP contribution is -2.36. The number of halogens is 2. The molecule has 1 heterocycles. The molecule has 112 valence electrons. The van der Waals surface area contributed by atoms with Crippen LogP contribution in [0.4, 0.5) is 4.39 Å². The van der Waals surface area contributed by atoms with Gasteiger partial charge in [-0.15, -0.1) is 12.4 Å². The van der Waals surface area contributed by atoms with E-state index in [0.29, 0.717) is 5.92 Å². The third-order valence-electron chi connectivity index (χ3n) is 4.22. The van der Waals surface area contributed by atoms with Crippen molar-refractivity contribution in [2.75, 3.05) is 26.2 Å². The first kappa shape index (κ1) is 15.6. The maximum atomic E-state index is 12.8. The molecule has 0 aromatic heterocycles. The van der Waals surface area contributed by atoms with Crippen LogP contribution in [0.15, 0.2) is 24.3 Å². The van der Waals surface area contributed by atoms with Crippen LogP contribution in [0.3, 0.4) is 0 Å². The number of likely N-dealkylation sites (tertiary alicyclic amines) is 1. The Hall–Kier alpha value is -0.800. The molecule has 0 amide bonds. The molecule has 2 nitrogen and oxygen atoms in total. The van der Waals surface area contributed by atoms with Gasteiger partial charge in [-0.1, -0.05) is 0 Å². The lowest BCUT2D eigenvalue weighted by Gasteiger charge is -2.31. The van der Waals surface area contributed by atoms with Crippen LogP contribution >= 0.6 is 12.4 Å². The molecule has 0 radical (unpaired) electrons. The van der Waals surface area contributed by atoms with Crippen LogP contribution in [0.5, 0.6) is 5.75 Å². The summed E-state index contributed by atoms with van der Waals surface area (Å²) >= 11 is 0. The van der Waals surface area contributed by atoms with E-state index >= 15 is 0 Å². The summed E-state index contributed by atoms with van der Waals surface area (Å²) in [6.07, 6.45) is 5.34. The third kappa shape index (κ3) is 4.64. The Morgan fingerprint density at radius 2 is 1.65 bits per heavy atom. The Bertz CT molecular complexity index is 399. The fraction of sp³-hybridized carbons (Fsp3) is 0.625. The lowest BCUT2D eigenvalue weighted by molar-refractivity contribution is 0.138. The Balaban J connectivity index is 0.00000147. The number of rotatable bonds is 5. The minimum Gasteiger partial charge on any atom is -0.493 e. The van der Waals surface area contributed by atoms with Crippen LogP contribution < -0.4 is 4.74 Å². The largest absolute Gasteiger partial charge is 0.493 e. The minimum absolute atomic E-state index is 0. The molecule has 0 bridgehead atoms. The van der Waals surface area contributed by atoms with E-state index in [1.165, 1.54) is 57.5 Å². The van der Waals surface area contributed by atoms with Crippen molar-refractivity contribution in [1.29, 1.82) is 0 Å². The van der Waals surface area contributed by atoms with Crippen LogP contribution in [0.1, 0.15) is 25.7 Å². The summed E-state index contributed by atoms with van der Waals surface area (Å²) in [5, 5.41) is 0. The summed E-state index contributed by atoms with van der Waals surface area (Å²) in [7, 11) is 0. The zero-order chi connectivity index (χ0) is 13.1. The molecule has 1 aromatic rings. The van der Waals surface area contributed by atoms with Crippen molar-refractivity contribution < 1.29 is 9.13 Å². The summed E-state index contributed by atoms with van der Waals surface area (Å²) in [5.41, 5.74) is 0. The molecule has 4 heteroatoms. The highest BCUT2D eigenvalue weighted by atomic mass is 35.5. The van der Waals surface area contributed by atoms with E-state index in [4.69, 9.17) is 4.74 Å². The highest BCUT2D eigenvalue weighted by Gasteiger charge is 2.27. The van der Waals surface area contributed by atoms with E-state index < -0.39 is 0 Å². The standard InChI is InChI=1S/C16H22FNO.ClH/c17-15-3-5-16(6-4-15)19-12-14-7-9-18(10-8-14)11-13-1-2-13;/h3-6,13-14H,1-2,7-12H2;1H. The molecule has 1 saturated carbocycles. The van der Waals surface area contributed by atoms with Gasteiger partial charge in [0.2, 0.25) is 0 Å². The maximum Gasteiger partial charge on any atom is 0.123 e. The Morgan fingerprint density at radius 1 is 1.00 bits per heavy atom. The van der Waals surface area contributed by atoms with Gasteiger partial charge in [-0.2, -0.15) is 0 Å². The number of hydrogen-bond donors (Lipinski definition) is 0. The average Bonchev–Trinajstić information content (AvgIpc) is 3.24. The molecule has 1 aliphatic carbocycles. The molecule has 1 saturated heterocycles. The molecule has 1 aromatic carbocycles. The van der Waals surface area contributed by atoms with Crippen LogP contribution in [-0.2, 0) is 0 Å². The summed E-state index contributed by atoms with van der Waals surface area (Å²) in [5.74, 6) is 2.22. The summed E-state index contributed by atoms with van der Waals surface area (Å²) in [6.45, 7) is 4.51. The Labute approximate surface area is 126 Å². The summed E-state index contributed by atoms with van der Waals surface area (Å²) in [4.78, 5) is 2.60. The van der Waals surface area contributed by atoms with Crippen molar-refractivity contribution in [2.24, 2.45) is 11.8 Å². The first-order valence-electron chi connectivity index (χ1n) is 7.40. The Kier molecular flexibility index (Phi) is 5.67. The van der Waals surface area contributed by atoms with Crippen molar-refractivity contribution in [3.8, 4) is 5.75 Å². The molecule has 3 rings (SSSR count). The predicted molar refractivity (Wildman–Crippen MR) is 81.0 cm³/mol. The number of piperidine rings is 1. The third-order valence-corrected chi connectivity index (χ3v) is 4.22. The van der Waals surface area contributed by atoms with Gasteiger partial charge in [-0.25, -0.2) is 4.39 Å². The smallest absolute Gasteiger partial charge is 0.123 e. The van der Waals surface area contributed by atoms with Gasteiger partial charge in [0.05, 0.1) is 6.61 Å². The molecular weight excluding hydrogens is 277 g/mol. The van der Waals surface area contributed by atoms with Gasteiger partial charge in [0.15, 0.2) is 0 Å². The highest BCUT2D eigenvalue weighted by Crippen LogP contribution is 2.31. The number of nitrogens with zero attached hydrogens (tertiary/aromatic N) is 1. The van der Waals surface area contributed by atoms with E-state index in [1.807, 2.05) is 0 Å². The second-order valence-electron chi connectivity index (χ2n) is 5.95. The van der Waals surface area contributed by atoms with Crippen LogP contribution in [-0.4, -0.2) is 31.1 Å². The van der Waals surface area contributed by atoms with E-state index in [0.717, 1.165) is 18.3 Å². The van der Waals surface area contributed by atoms with Crippen LogP contribution in [0, 0.1) is 17.7 Å². The van der Waals surface area contributed by atoms with Crippen molar-refractivity contribution in [3.05, 3.63) is 30.1 Å². The van der Waals surface area contributed by atoms with Crippen molar-refractivity contribution in [3.63, 3.8) is 0 Å². The lowest BCUT2D eigenvalue weighted by atomic mass is 9.97. The number of benzene rings is 1. The molecule has 2 fully saturated rings. The molecule has 20 heavy (non-hydrogen) atoms. The van der Waals surface area contributed by atoms with Gasteiger partial charge < -0.3 is 9.64 Å². The molecular formula is C16H23ClFNO. The van der Waals surface area contributed by atoms with Crippen LogP contribution in [0.2, 0.25) is 0 Å². The topological polar surface area (TPSA) is 12.5 Å². The molecule has 0 N–H and O–H groups in total. The second kappa shape index (κ2) is 7.28. The number of ether oxygens (including phenoxy) is 1. The Morgan fingerprint density at radius 3 is 2.25 bits per heavy atom. The predicted octanol–water partition coefficient (Wildman–Crippen LogP) is 3.75. The SMILES string of the molecule is Cl.Fc1ccc(OCC2CCN(CC3CC3)CC2)cc1. The highest BCUT2D eigenvalue weighted by molar-refractivity contribution is 5.85. The van der Waals surface area contributed by atoms with Gasteiger partial charge in [-0.3, -0.25) is 0 Å². The van der Waals surface area contributed by atoms with Gasteiger partial charge in [0.1, 0.15) is 11.6 Å². The zero-order valence-electron chi connectivity index (χ0n) is 11.8. The van der Waals surface area contributed by atoms with E-state index in [9.17, 15) is 4.39 Å². The summed E-state index contributed by atoms with van der Waals surface area (Å²) in [6, 6.07) is 6.32. The van der Waals surface area contributed by atoms with Crippen molar-refractivity contribution in [2.45, 2.75) is 25.7 Å². The van der Waals surface area contributed by atoms with Crippen molar-refractivity contribution in [1.82, 2.24) is 4.90 Å². The van der Waals surface area contributed by atoms with Gasteiger partial charge >= 0.3 is 0 Å². The van der Waals surface area contributed by atoms with Gasteiger partial charge in [0.25, 0.3) is 0 Å². The quantitative estimate of drug-likeness (QED) is 0.821. The maximum absolute atomic E-state index is 12.8. The van der Waals surface area contributed by atoms with Gasteiger partial charge in [0, 0.05) is 6.54 Å². The molecule has 1 aliphatic heterocycles. The van der Waals surface area contributed by atoms with E-state index in [1.54, 1.807) is 12.1 Å².